The normalized spacial score (nSPS) is 10.9. The average molecular weight is 290 g/mol. The molecule has 0 spiro atoms. The van der Waals surface area contributed by atoms with E-state index in [1.54, 1.807) is 12.1 Å². The van der Waals surface area contributed by atoms with Gasteiger partial charge in [-0.3, -0.25) is 10.2 Å². The number of nitrogen functional groups attached to an aromatic ring is 1. The van der Waals surface area contributed by atoms with E-state index < -0.39 is 5.91 Å². The number of carbonyl (C=O) groups is 1. The first-order valence-electron chi connectivity index (χ1n) is 6.02. The molecule has 1 amide bonds. The number of nitrogens with one attached hydrogen (secondary N) is 1. The van der Waals surface area contributed by atoms with Gasteiger partial charge in [-0.2, -0.15) is 0 Å². The van der Waals surface area contributed by atoms with Crippen LogP contribution in [0.4, 0.5) is 0 Å². The Hall–Kier alpha value is -2.24. The molecule has 6 heteroatoms. The average Bonchev–Trinajstić information content (AvgIpc) is 3.07. The zero-order valence-electron chi connectivity index (χ0n) is 10.5. The molecule has 3 aromatic rings. The molecule has 1 aromatic carbocycles. The summed E-state index contributed by atoms with van der Waals surface area (Å²) in [4.78, 5) is 11.3. The predicted octanol–water partition coefficient (Wildman–Crippen LogP) is 2.54. The maximum Gasteiger partial charge on any atom is 0.300 e. The summed E-state index contributed by atoms with van der Waals surface area (Å²) in [5.74, 6) is 5.45. The summed E-state index contributed by atoms with van der Waals surface area (Å²) < 4.78 is 7.42. The van der Waals surface area contributed by atoms with Gasteiger partial charge in [0.1, 0.15) is 5.76 Å². The lowest BCUT2D eigenvalue weighted by Gasteiger charge is -2.04. The van der Waals surface area contributed by atoms with Gasteiger partial charge >= 0.3 is 5.91 Å². The Morgan fingerprint density at radius 1 is 1.30 bits per heavy atom. The van der Waals surface area contributed by atoms with Gasteiger partial charge < -0.3 is 8.98 Å². The molecule has 0 aliphatic carbocycles. The van der Waals surface area contributed by atoms with Crippen LogP contribution in [0.5, 0.6) is 0 Å². The first-order valence-corrected chi connectivity index (χ1v) is 6.40. The van der Waals surface area contributed by atoms with Gasteiger partial charge in [0.25, 0.3) is 0 Å². The summed E-state index contributed by atoms with van der Waals surface area (Å²) in [5.41, 5.74) is 2.97. The van der Waals surface area contributed by atoms with Gasteiger partial charge in [0.15, 0.2) is 5.76 Å². The van der Waals surface area contributed by atoms with Crippen molar-refractivity contribution in [3.05, 3.63) is 59.1 Å². The van der Waals surface area contributed by atoms with E-state index in [-0.39, 0.29) is 5.76 Å². The molecule has 0 fully saturated rings. The number of hydrogen-bond donors (Lipinski definition) is 2. The molecule has 3 rings (SSSR count). The largest absolute Gasteiger partial charge is 0.454 e. The fourth-order valence-electron chi connectivity index (χ4n) is 2.17. The second kappa shape index (κ2) is 5.03. The quantitative estimate of drug-likeness (QED) is 0.442. The standard InChI is InChI=1S/C14H12ClN3O2/c15-11-3-1-2-9-6-7-18(13(9)11)8-10-4-5-12(20-10)14(19)17-16/h1-7H,8,16H2,(H,17,19). The van der Waals surface area contributed by atoms with E-state index in [1.807, 2.05) is 40.5 Å². The number of nitrogens with two attached hydrogens (primary N) is 1. The molecule has 2 aromatic heterocycles. The van der Waals surface area contributed by atoms with Crippen molar-refractivity contribution < 1.29 is 9.21 Å². The second-order valence-corrected chi connectivity index (χ2v) is 4.77. The molecule has 0 unspecified atom stereocenters. The van der Waals surface area contributed by atoms with Crippen molar-refractivity contribution in [1.82, 2.24) is 9.99 Å². The Balaban J connectivity index is 1.93. The maximum absolute atomic E-state index is 11.3. The van der Waals surface area contributed by atoms with Crippen LogP contribution in [0, 0.1) is 0 Å². The van der Waals surface area contributed by atoms with Gasteiger partial charge in [0.2, 0.25) is 0 Å². The van der Waals surface area contributed by atoms with Gasteiger partial charge in [-0.15, -0.1) is 0 Å². The molecular formula is C14H12ClN3O2. The summed E-state index contributed by atoms with van der Waals surface area (Å²) in [6.07, 6.45) is 1.93. The number of aromatic nitrogens is 1. The highest BCUT2D eigenvalue weighted by atomic mass is 35.5. The van der Waals surface area contributed by atoms with Crippen LogP contribution in [0.1, 0.15) is 16.3 Å². The van der Waals surface area contributed by atoms with Crippen molar-refractivity contribution >= 4 is 28.4 Å². The first kappa shape index (κ1) is 12.8. The molecular weight excluding hydrogens is 278 g/mol. The molecule has 0 saturated heterocycles. The molecule has 0 saturated carbocycles. The number of hydrogen-bond acceptors (Lipinski definition) is 3. The van der Waals surface area contributed by atoms with E-state index in [0.29, 0.717) is 17.3 Å². The van der Waals surface area contributed by atoms with Gasteiger partial charge in [0, 0.05) is 11.6 Å². The highest BCUT2D eigenvalue weighted by molar-refractivity contribution is 6.35. The minimum Gasteiger partial charge on any atom is -0.454 e. The molecule has 0 atom stereocenters. The van der Waals surface area contributed by atoms with Crippen LogP contribution in [0.25, 0.3) is 10.9 Å². The van der Waals surface area contributed by atoms with Crippen LogP contribution >= 0.6 is 11.6 Å². The Morgan fingerprint density at radius 2 is 2.15 bits per heavy atom. The SMILES string of the molecule is NNC(=O)c1ccc(Cn2ccc3cccc(Cl)c32)o1. The van der Waals surface area contributed by atoms with E-state index in [0.717, 1.165) is 10.9 Å². The third kappa shape index (κ3) is 2.17. The minimum atomic E-state index is -0.452. The number of para-hydroxylation sites is 1. The highest BCUT2D eigenvalue weighted by Gasteiger charge is 2.11. The number of amides is 1. The van der Waals surface area contributed by atoms with Crippen molar-refractivity contribution in [2.24, 2.45) is 5.84 Å². The van der Waals surface area contributed by atoms with E-state index in [4.69, 9.17) is 21.9 Å². The summed E-state index contributed by atoms with van der Waals surface area (Å²) in [6, 6.07) is 11.1. The van der Waals surface area contributed by atoms with Crippen LogP contribution in [0.2, 0.25) is 5.02 Å². The van der Waals surface area contributed by atoms with Crippen molar-refractivity contribution in [2.75, 3.05) is 0 Å². The zero-order valence-corrected chi connectivity index (χ0v) is 11.2. The Kier molecular flexibility index (Phi) is 3.22. The lowest BCUT2D eigenvalue weighted by atomic mass is 10.2. The Bertz CT molecular complexity index is 776. The second-order valence-electron chi connectivity index (χ2n) is 4.36. The lowest BCUT2D eigenvalue weighted by molar-refractivity contribution is 0.0924. The van der Waals surface area contributed by atoms with Crippen LogP contribution in [-0.2, 0) is 6.54 Å². The number of nitrogens with zero attached hydrogens (tertiary/aromatic N) is 1. The summed E-state index contributed by atoms with van der Waals surface area (Å²) in [7, 11) is 0. The monoisotopic (exact) mass is 289 g/mol. The summed E-state index contributed by atoms with van der Waals surface area (Å²) in [5, 5.41) is 1.74. The van der Waals surface area contributed by atoms with Crippen molar-refractivity contribution in [1.29, 1.82) is 0 Å². The molecule has 0 aliphatic rings. The number of benzene rings is 1. The Labute approximate surface area is 119 Å². The summed E-state index contributed by atoms with van der Waals surface area (Å²) >= 11 is 6.22. The highest BCUT2D eigenvalue weighted by Crippen LogP contribution is 2.25. The maximum atomic E-state index is 11.3. The van der Waals surface area contributed by atoms with Crippen molar-refractivity contribution in [2.45, 2.75) is 6.54 Å². The minimum absolute atomic E-state index is 0.185. The molecule has 0 radical (unpaired) electrons. The Morgan fingerprint density at radius 3 is 2.95 bits per heavy atom. The number of rotatable bonds is 3. The van der Waals surface area contributed by atoms with E-state index in [2.05, 4.69) is 0 Å². The fraction of sp³-hybridized carbons (Fsp3) is 0.0714. The number of halogens is 1. The molecule has 0 aliphatic heterocycles. The molecule has 102 valence electrons. The number of carbonyl (C=O) groups excluding carboxylic acids is 1. The van der Waals surface area contributed by atoms with E-state index >= 15 is 0 Å². The van der Waals surface area contributed by atoms with Gasteiger partial charge in [0.05, 0.1) is 17.1 Å². The van der Waals surface area contributed by atoms with Crippen molar-refractivity contribution in [3.63, 3.8) is 0 Å². The van der Waals surface area contributed by atoms with Crippen LogP contribution in [0.3, 0.4) is 0 Å². The van der Waals surface area contributed by atoms with Crippen LogP contribution < -0.4 is 11.3 Å². The predicted molar refractivity (Wildman–Crippen MR) is 76.4 cm³/mol. The molecule has 0 bridgehead atoms. The summed E-state index contributed by atoms with van der Waals surface area (Å²) in [6.45, 7) is 0.491. The number of hydrazine groups is 1. The number of furan rings is 1. The molecule has 20 heavy (non-hydrogen) atoms. The van der Waals surface area contributed by atoms with E-state index in [1.165, 1.54) is 0 Å². The third-order valence-electron chi connectivity index (χ3n) is 3.08. The number of fused-ring (bicyclic) bond motifs is 1. The zero-order chi connectivity index (χ0) is 14.1. The van der Waals surface area contributed by atoms with E-state index in [9.17, 15) is 4.79 Å². The van der Waals surface area contributed by atoms with Crippen LogP contribution in [0.15, 0.2) is 47.0 Å². The fourth-order valence-corrected chi connectivity index (χ4v) is 2.46. The van der Waals surface area contributed by atoms with Gasteiger partial charge in [-0.1, -0.05) is 23.7 Å². The van der Waals surface area contributed by atoms with Crippen molar-refractivity contribution in [3.8, 4) is 0 Å². The lowest BCUT2D eigenvalue weighted by Crippen LogP contribution is -2.29. The topological polar surface area (TPSA) is 73.2 Å². The molecule has 3 N–H and O–H groups in total. The smallest absolute Gasteiger partial charge is 0.300 e. The van der Waals surface area contributed by atoms with Gasteiger partial charge in [-0.05, 0) is 24.3 Å². The third-order valence-corrected chi connectivity index (χ3v) is 3.39. The van der Waals surface area contributed by atoms with Crippen LogP contribution in [-0.4, -0.2) is 10.5 Å². The molecule has 5 nitrogen and oxygen atoms in total. The van der Waals surface area contributed by atoms with Gasteiger partial charge in [-0.25, -0.2) is 5.84 Å². The molecule has 2 heterocycles. The first-order chi connectivity index (χ1) is 9.69.